The number of pyridine rings is 1. The quantitative estimate of drug-likeness (QED) is 0.468. The second-order valence-electron chi connectivity index (χ2n) is 8.78. The van der Waals surface area contributed by atoms with Crippen molar-refractivity contribution >= 4 is 11.5 Å². The molecule has 1 unspecified atom stereocenters. The molecule has 0 N–H and O–H groups in total. The molecule has 2 aliphatic heterocycles. The molecule has 2 fully saturated rings. The van der Waals surface area contributed by atoms with Gasteiger partial charge in [-0.25, -0.2) is 4.98 Å². The molecule has 0 bridgehead atoms. The highest BCUT2D eigenvalue weighted by Crippen LogP contribution is 2.33. The van der Waals surface area contributed by atoms with E-state index in [0.717, 1.165) is 67.8 Å². The van der Waals surface area contributed by atoms with Crippen molar-refractivity contribution in [2.45, 2.75) is 25.4 Å². The number of likely N-dealkylation sites (tertiary alicyclic amines) is 1. The van der Waals surface area contributed by atoms with Crippen LogP contribution in [0.4, 0.5) is 5.82 Å². The van der Waals surface area contributed by atoms with Gasteiger partial charge < -0.3 is 9.64 Å². The molecule has 5 heterocycles. The Labute approximate surface area is 193 Å². The molecule has 0 spiro atoms. The summed E-state index contributed by atoms with van der Waals surface area (Å²) in [6, 6.07) is 19.6. The van der Waals surface area contributed by atoms with E-state index in [2.05, 4.69) is 57.2 Å². The van der Waals surface area contributed by atoms with Crippen molar-refractivity contribution in [1.29, 1.82) is 0 Å². The van der Waals surface area contributed by atoms with E-state index < -0.39 is 0 Å². The number of nitrogens with zero attached hydrogens (tertiary/aromatic N) is 6. The minimum Gasteiger partial charge on any atom is -0.378 e. The predicted molar refractivity (Wildman–Crippen MR) is 128 cm³/mol. The van der Waals surface area contributed by atoms with E-state index in [-0.39, 0.29) is 0 Å². The molecule has 7 heteroatoms. The molecule has 33 heavy (non-hydrogen) atoms. The van der Waals surface area contributed by atoms with Crippen LogP contribution in [0.25, 0.3) is 16.9 Å². The topological polar surface area (TPSA) is 58.8 Å². The highest BCUT2D eigenvalue weighted by molar-refractivity contribution is 5.65. The van der Waals surface area contributed by atoms with Gasteiger partial charge in [0, 0.05) is 55.8 Å². The Bertz CT molecular complexity index is 1220. The van der Waals surface area contributed by atoms with Crippen LogP contribution < -0.4 is 4.90 Å². The van der Waals surface area contributed by atoms with Gasteiger partial charge in [-0.15, -0.1) is 0 Å². The van der Waals surface area contributed by atoms with Gasteiger partial charge in [-0.05, 0) is 37.1 Å². The van der Waals surface area contributed by atoms with Crippen LogP contribution in [-0.4, -0.2) is 57.3 Å². The Hall–Kier alpha value is -3.29. The fourth-order valence-corrected chi connectivity index (χ4v) is 5.05. The fourth-order valence-electron chi connectivity index (χ4n) is 5.05. The molecule has 1 aromatic carbocycles. The maximum atomic E-state index is 5.61. The van der Waals surface area contributed by atoms with Crippen LogP contribution in [0, 0.1) is 0 Å². The smallest absolute Gasteiger partial charge is 0.158 e. The molecule has 7 nitrogen and oxygen atoms in total. The van der Waals surface area contributed by atoms with Crippen molar-refractivity contribution in [1.82, 2.24) is 24.5 Å². The number of hydrogen-bond acceptors (Lipinski definition) is 6. The van der Waals surface area contributed by atoms with Crippen LogP contribution in [0.2, 0.25) is 0 Å². The summed E-state index contributed by atoms with van der Waals surface area (Å²) in [6.07, 6.45) is 6.02. The lowest BCUT2D eigenvalue weighted by Gasteiger charge is -2.30. The molecule has 4 aromatic rings. The third-order valence-corrected chi connectivity index (χ3v) is 6.69. The molecule has 0 amide bonds. The number of rotatable bonds is 5. The lowest BCUT2D eigenvalue weighted by molar-refractivity contribution is 0.122. The average Bonchev–Trinajstić information content (AvgIpc) is 3.52. The number of morpholine rings is 1. The lowest BCUT2D eigenvalue weighted by Crippen LogP contribution is -2.37. The summed E-state index contributed by atoms with van der Waals surface area (Å²) in [6.45, 7) is 5.13. The fraction of sp³-hybridized carbons (Fsp3) is 0.346. The van der Waals surface area contributed by atoms with Crippen LogP contribution in [0.1, 0.15) is 30.1 Å². The summed E-state index contributed by atoms with van der Waals surface area (Å²) in [5.41, 5.74) is 5.34. The van der Waals surface area contributed by atoms with E-state index in [1.807, 2.05) is 16.6 Å². The summed E-state index contributed by atoms with van der Waals surface area (Å²) in [5, 5.41) is 4.92. The number of ether oxygens (including phenoxy) is 1. The molecular weight excluding hydrogens is 412 g/mol. The van der Waals surface area contributed by atoms with Gasteiger partial charge in [0.25, 0.3) is 0 Å². The Kier molecular flexibility index (Phi) is 5.49. The molecule has 168 valence electrons. The monoisotopic (exact) mass is 440 g/mol. The summed E-state index contributed by atoms with van der Waals surface area (Å²) in [5.74, 6) is 1.09. The van der Waals surface area contributed by atoms with Crippen LogP contribution >= 0.6 is 0 Å². The molecular formula is C26H28N6O. The molecule has 2 aliphatic rings. The van der Waals surface area contributed by atoms with Crippen molar-refractivity contribution in [3.63, 3.8) is 0 Å². The van der Waals surface area contributed by atoms with E-state index >= 15 is 0 Å². The average molecular weight is 441 g/mol. The van der Waals surface area contributed by atoms with Crippen LogP contribution in [0.3, 0.4) is 0 Å². The number of aromatic nitrogens is 4. The normalized spacial score (nSPS) is 19.4. The zero-order chi connectivity index (χ0) is 22.0. The van der Waals surface area contributed by atoms with E-state index in [1.54, 1.807) is 12.4 Å². The van der Waals surface area contributed by atoms with Gasteiger partial charge in [0.05, 0.1) is 24.6 Å². The molecule has 0 radical (unpaired) electrons. The molecule has 6 rings (SSSR count). The molecule has 1 atom stereocenters. The highest BCUT2D eigenvalue weighted by atomic mass is 16.5. The lowest BCUT2D eigenvalue weighted by atomic mass is 10.0. The SMILES string of the molecule is c1ccc(C2CCCN2Cc2cc(N3CCOCC3)n3nc(-c4ccncc4)cc3n2)cc1. The molecule has 2 saturated heterocycles. The number of anilines is 1. The first-order valence-corrected chi connectivity index (χ1v) is 11.8. The Morgan fingerprint density at radius 2 is 1.76 bits per heavy atom. The van der Waals surface area contributed by atoms with Crippen molar-refractivity contribution in [2.24, 2.45) is 0 Å². The maximum absolute atomic E-state index is 5.61. The first kappa shape index (κ1) is 20.3. The highest BCUT2D eigenvalue weighted by Gasteiger charge is 2.27. The van der Waals surface area contributed by atoms with Gasteiger partial charge in [0.2, 0.25) is 0 Å². The van der Waals surface area contributed by atoms with Crippen LogP contribution in [0.5, 0.6) is 0 Å². The Balaban J connectivity index is 1.38. The first-order valence-electron chi connectivity index (χ1n) is 11.8. The second-order valence-corrected chi connectivity index (χ2v) is 8.78. The molecule has 0 saturated carbocycles. The van der Waals surface area contributed by atoms with E-state index in [1.165, 1.54) is 18.4 Å². The zero-order valence-corrected chi connectivity index (χ0v) is 18.7. The number of hydrogen-bond donors (Lipinski definition) is 0. The predicted octanol–water partition coefficient (Wildman–Crippen LogP) is 3.97. The summed E-state index contributed by atoms with van der Waals surface area (Å²) < 4.78 is 7.60. The largest absolute Gasteiger partial charge is 0.378 e. The standard InChI is InChI=1S/C26H28N6O/c1-2-5-21(6-3-1)24-7-4-12-31(24)19-22-17-26(30-13-15-33-16-14-30)32-25(28-22)18-23(29-32)20-8-10-27-11-9-20/h1-3,5-6,8-11,17-18,24H,4,7,12-16,19H2. The van der Waals surface area contributed by atoms with Crippen LogP contribution in [0.15, 0.2) is 67.0 Å². The van der Waals surface area contributed by atoms with Gasteiger partial charge >= 0.3 is 0 Å². The minimum atomic E-state index is 0.452. The van der Waals surface area contributed by atoms with E-state index in [0.29, 0.717) is 6.04 Å². The van der Waals surface area contributed by atoms with Gasteiger partial charge in [0.1, 0.15) is 5.82 Å². The van der Waals surface area contributed by atoms with E-state index in [9.17, 15) is 0 Å². The van der Waals surface area contributed by atoms with Crippen molar-refractivity contribution in [2.75, 3.05) is 37.7 Å². The summed E-state index contributed by atoms with van der Waals surface area (Å²) in [4.78, 5) is 14.1. The zero-order valence-electron chi connectivity index (χ0n) is 18.7. The minimum absolute atomic E-state index is 0.452. The maximum Gasteiger partial charge on any atom is 0.158 e. The third-order valence-electron chi connectivity index (χ3n) is 6.69. The third kappa shape index (κ3) is 4.10. The number of fused-ring (bicyclic) bond motifs is 1. The van der Waals surface area contributed by atoms with Crippen molar-refractivity contribution < 1.29 is 4.74 Å². The molecule has 3 aromatic heterocycles. The van der Waals surface area contributed by atoms with Gasteiger partial charge in [-0.3, -0.25) is 9.88 Å². The van der Waals surface area contributed by atoms with Gasteiger partial charge in [-0.1, -0.05) is 30.3 Å². The van der Waals surface area contributed by atoms with Crippen molar-refractivity contribution in [3.8, 4) is 11.3 Å². The summed E-state index contributed by atoms with van der Waals surface area (Å²) in [7, 11) is 0. The second kappa shape index (κ2) is 8.92. The summed E-state index contributed by atoms with van der Waals surface area (Å²) >= 11 is 0. The molecule has 0 aliphatic carbocycles. The number of benzene rings is 1. The Morgan fingerprint density at radius 1 is 0.939 bits per heavy atom. The van der Waals surface area contributed by atoms with Gasteiger partial charge in [0.15, 0.2) is 5.65 Å². The first-order chi connectivity index (χ1) is 16.3. The van der Waals surface area contributed by atoms with E-state index in [4.69, 9.17) is 14.8 Å². The van der Waals surface area contributed by atoms with Gasteiger partial charge in [-0.2, -0.15) is 9.61 Å². The van der Waals surface area contributed by atoms with Crippen molar-refractivity contribution in [3.05, 3.63) is 78.2 Å². The van der Waals surface area contributed by atoms with Crippen LogP contribution in [-0.2, 0) is 11.3 Å². The Morgan fingerprint density at radius 3 is 2.58 bits per heavy atom.